The van der Waals surface area contributed by atoms with Crippen molar-refractivity contribution in [2.75, 3.05) is 24.2 Å². The van der Waals surface area contributed by atoms with Gasteiger partial charge in [0.2, 0.25) is 0 Å². The maximum Gasteiger partial charge on any atom is 0.149 e. The van der Waals surface area contributed by atoms with E-state index in [-0.39, 0.29) is 0 Å². The van der Waals surface area contributed by atoms with Gasteiger partial charge in [-0.15, -0.1) is 0 Å². The minimum absolute atomic E-state index is 0.485. The molecule has 0 saturated heterocycles. The summed E-state index contributed by atoms with van der Waals surface area (Å²) in [4.78, 5) is 10.6. The molecule has 0 radical (unpaired) electrons. The van der Waals surface area contributed by atoms with Gasteiger partial charge in [0.15, 0.2) is 0 Å². The fourth-order valence-electron chi connectivity index (χ4n) is 2.29. The molecule has 0 bridgehead atoms. The molecule has 1 aromatic carbocycles. The van der Waals surface area contributed by atoms with Crippen LogP contribution in [0.2, 0.25) is 0 Å². The molecule has 0 fully saturated rings. The molecule has 2 aromatic rings. The van der Waals surface area contributed by atoms with E-state index in [9.17, 15) is 0 Å². The number of anilines is 2. The van der Waals surface area contributed by atoms with E-state index in [4.69, 9.17) is 5.73 Å². The summed E-state index contributed by atoms with van der Waals surface area (Å²) in [5.41, 5.74) is 10.3. The predicted octanol–water partition coefficient (Wildman–Crippen LogP) is 1.72. The highest BCUT2D eigenvalue weighted by Crippen LogP contribution is 2.31. The van der Waals surface area contributed by atoms with E-state index in [0.717, 1.165) is 24.2 Å². The van der Waals surface area contributed by atoms with E-state index < -0.39 is 0 Å². The van der Waals surface area contributed by atoms with E-state index in [2.05, 4.69) is 40.1 Å². The Morgan fingerprint density at radius 3 is 2.88 bits per heavy atom. The van der Waals surface area contributed by atoms with Crippen molar-refractivity contribution in [1.29, 1.82) is 0 Å². The van der Waals surface area contributed by atoms with Crippen LogP contribution in [0.15, 0.2) is 30.6 Å². The standard InChI is InChI=1S/C13H14N4/c1-17-7-4-9-8-10(2-3-11(9)17)12-13(14)16-6-5-15-12/h2-3,5-6,8H,4,7H2,1H3,(H2,14,16). The lowest BCUT2D eigenvalue weighted by Gasteiger charge is -2.12. The summed E-state index contributed by atoms with van der Waals surface area (Å²) >= 11 is 0. The quantitative estimate of drug-likeness (QED) is 0.804. The van der Waals surface area contributed by atoms with Crippen LogP contribution in [-0.2, 0) is 6.42 Å². The Morgan fingerprint density at radius 1 is 1.24 bits per heavy atom. The first-order chi connectivity index (χ1) is 8.25. The average molecular weight is 226 g/mol. The lowest BCUT2D eigenvalue weighted by atomic mass is 10.1. The Morgan fingerprint density at radius 2 is 2.06 bits per heavy atom. The molecule has 0 unspecified atom stereocenters. The molecule has 4 nitrogen and oxygen atoms in total. The van der Waals surface area contributed by atoms with E-state index in [1.54, 1.807) is 12.4 Å². The third-order valence-electron chi connectivity index (χ3n) is 3.21. The van der Waals surface area contributed by atoms with Gasteiger partial charge in [-0.25, -0.2) is 4.98 Å². The van der Waals surface area contributed by atoms with Crippen LogP contribution in [0.3, 0.4) is 0 Å². The van der Waals surface area contributed by atoms with Gasteiger partial charge in [-0.1, -0.05) is 6.07 Å². The molecule has 0 amide bonds. The molecule has 0 spiro atoms. The topological polar surface area (TPSA) is 55.0 Å². The molecule has 17 heavy (non-hydrogen) atoms. The molecule has 2 heterocycles. The summed E-state index contributed by atoms with van der Waals surface area (Å²) in [5, 5.41) is 0. The zero-order valence-electron chi connectivity index (χ0n) is 9.72. The highest BCUT2D eigenvalue weighted by atomic mass is 15.1. The van der Waals surface area contributed by atoms with Crippen molar-refractivity contribution in [2.45, 2.75) is 6.42 Å². The molecule has 3 rings (SSSR count). The van der Waals surface area contributed by atoms with Crippen molar-refractivity contribution < 1.29 is 0 Å². The third kappa shape index (κ3) is 1.62. The number of hydrogen-bond acceptors (Lipinski definition) is 4. The first-order valence-electron chi connectivity index (χ1n) is 5.66. The summed E-state index contributed by atoms with van der Waals surface area (Å²) in [6.45, 7) is 1.08. The smallest absolute Gasteiger partial charge is 0.149 e. The van der Waals surface area contributed by atoms with Gasteiger partial charge in [0.05, 0.1) is 0 Å². The van der Waals surface area contributed by atoms with E-state index in [1.807, 2.05) is 0 Å². The number of nitrogen functional groups attached to an aromatic ring is 1. The Balaban J connectivity index is 2.09. The van der Waals surface area contributed by atoms with Gasteiger partial charge in [-0.3, -0.25) is 4.98 Å². The van der Waals surface area contributed by atoms with Crippen molar-refractivity contribution >= 4 is 11.5 Å². The van der Waals surface area contributed by atoms with Crippen LogP contribution in [0.4, 0.5) is 11.5 Å². The number of likely N-dealkylation sites (N-methyl/N-ethyl adjacent to an activating group) is 1. The third-order valence-corrected chi connectivity index (χ3v) is 3.21. The minimum Gasteiger partial charge on any atom is -0.382 e. The zero-order chi connectivity index (χ0) is 11.8. The first kappa shape index (κ1) is 10.1. The van der Waals surface area contributed by atoms with Crippen molar-refractivity contribution in [1.82, 2.24) is 9.97 Å². The van der Waals surface area contributed by atoms with E-state index in [0.29, 0.717) is 5.82 Å². The molecular weight excluding hydrogens is 212 g/mol. The highest BCUT2D eigenvalue weighted by Gasteiger charge is 2.16. The molecule has 2 N–H and O–H groups in total. The molecule has 0 atom stereocenters. The molecule has 4 heteroatoms. The number of aromatic nitrogens is 2. The van der Waals surface area contributed by atoms with Crippen LogP contribution in [0.5, 0.6) is 0 Å². The summed E-state index contributed by atoms with van der Waals surface area (Å²) in [6.07, 6.45) is 4.37. The number of fused-ring (bicyclic) bond motifs is 1. The van der Waals surface area contributed by atoms with Crippen LogP contribution >= 0.6 is 0 Å². The maximum absolute atomic E-state index is 5.84. The molecular formula is C13H14N4. The number of hydrogen-bond donors (Lipinski definition) is 1. The largest absolute Gasteiger partial charge is 0.382 e. The van der Waals surface area contributed by atoms with Crippen LogP contribution in [0.1, 0.15) is 5.56 Å². The first-order valence-corrected chi connectivity index (χ1v) is 5.66. The van der Waals surface area contributed by atoms with Gasteiger partial charge in [0.1, 0.15) is 11.5 Å². The predicted molar refractivity (Wildman–Crippen MR) is 68.9 cm³/mol. The lowest BCUT2D eigenvalue weighted by molar-refractivity contribution is 0.956. The normalized spacial score (nSPS) is 13.8. The molecule has 86 valence electrons. The summed E-state index contributed by atoms with van der Waals surface area (Å²) in [7, 11) is 2.11. The zero-order valence-corrected chi connectivity index (χ0v) is 9.72. The van der Waals surface area contributed by atoms with E-state index >= 15 is 0 Å². The van der Waals surface area contributed by atoms with Crippen LogP contribution < -0.4 is 10.6 Å². The van der Waals surface area contributed by atoms with Crippen LogP contribution in [-0.4, -0.2) is 23.6 Å². The number of rotatable bonds is 1. The van der Waals surface area contributed by atoms with Gasteiger partial charge >= 0.3 is 0 Å². The summed E-state index contributed by atoms with van der Waals surface area (Å²) < 4.78 is 0. The van der Waals surface area contributed by atoms with Crippen LogP contribution in [0.25, 0.3) is 11.3 Å². The second-order valence-electron chi connectivity index (χ2n) is 4.31. The maximum atomic E-state index is 5.84. The summed E-state index contributed by atoms with van der Waals surface area (Å²) in [6, 6.07) is 6.35. The molecule has 0 saturated carbocycles. The molecule has 1 aliphatic rings. The Hall–Kier alpha value is -2.10. The van der Waals surface area contributed by atoms with Gasteiger partial charge in [-0.05, 0) is 24.1 Å². The van der Waals surface area contributed by atoms with Crippen LogP contribution in [0, 0.1) is 0 Å². The van der Waals surface area contributed by atoms with Gasteiger partial charge < -0.3 is 10.6 Å². The molecule has 0 aliphatic carbocycles. The number of benzene rings is 1. The fraction of sp³-hybridized carbons (Fsp3) is 0.231. The van der Waals surface area contributed by atoms with Gasteiger partial charge in [-0.2, -0.15) is 0 Å². The minimum atomic E-state index is 0.485. The van der Waals surface area contributed by atoms with Crippen molar-refractivity contribution in [3.63, 3.8) is 0 Å². The Labute approximate surface area is 100 Å². The molecule has 1 aromatic heterocycles. The van der Waals surface area contributed by atoms with Gasteiger partial charge in [0.25, 0.3) is 0 Å². The van der Waals surface area contributed by atoms with Gasteiger partial charge in [0, 0.05) is 37.2 Å². The monoisotopic (exact) mass is 226 g/mol. The van der Waals surface area contributed by atoms with Crippen molar-refractivity contribution in [3.05, 3.63) is 36.2 Å². The average Bonchev–Trinajstić information content (AvgIpc) is 2.71. The second-order valence-corrected chi connectivity index (χ2v) is 4.31. The Bertz CT molecular complexity index is 565. The summed E-state index contributed by atoms with van der Waals surface area (Å²) in [5.74, 6) is 0.485. The Kier molecular flexibility index (Phi) is 2.21. The highest BCUT2D eigenvalue weighted by molar-refractivity contribution is 5.73. The molecule has 1 aliphatic heterocycles. The van der Waals surface area contributed by atoms with Crippen molar-refractivity contribution in [3.8, 4) is 11.3 Å². The number of nitrogens with two attached hydrogens (primary N) is 1. The van der Waals surface area contributed by atoms with Crippen molar-refractivity contribution in [2.24, 2.45) is 0 Å². The number of nitrogens with zero attached hydrogens (tertiary/aromatic N) is 3. The fourth-order valence-corrected chi connectivity index (χ4v) is 2.29. The second kappa shape index (κ2) is 3.73. The van der Waals surface area contributed by atoms with E-state index in [1.165, 1.54) is 11.3 Å². The SMILES string of the molecule is CN1CCc2cc(-c3nccnc3N)ccc21. The lowest BCUT2D eigenvalue weighted by Crippen LogP contribution is -2.12.